The van der Waals surface area contributed by atoms with Crippen molar-refractivity contribution in [1.29, 1.82) is 0 Å². The van der Waals surface area contributed by atoms with Gasteiger partial charge in [0.15, 0.2) is 9.84 Å². The number of esters is 1. The smallest absolute Gasteiger partial charge is 0.307 e. The highest BCUT2D eigenvalue weighted by atomic mass is 32.2. The van der Waals surface area contributed by atoms with E-state index in [0.717, 1.165) is 0 Å². The predicted molar refractivity (Wildman–Crippen MR) is 58.4 cm³/mol. The quantitative estimate of drug-likeness (QED) is 0.629. The first-order valence-corrected chi connectivity index (χ1v) is 6.74. The van der Waals surface area contributed by atoms with Crippen LogP contribution in [0.25, 0.3) is 0 Å². The molecule has 0 aromatic carbocycles. The molecule has 0 heterocycles. The average molecular weight is 237 g/mol. The Bertz CT molecular complexity index is 286. The zero-order valence-electron chi connectivity index (χ0n) is 9.45. The molecule has 0 aliphatic carbocycles. The molecule has 0 amide bonds. The third-order valence-corrected chi connectivity index (χ3v) is 3.75. The zero-order valence-corrected chi connectivity index (χ0v) is 10.3. The molecule has 0 aromatic rings. The maximum absolute atomic E-state index is 11.1. The van der Waals surface area contributed by atoms with Gasteiger partial charge in [0.1, 0.15) is 0 Å². The fourth-order valence-corrected chi connectivity index (χ4v) is 1.73. The summed E-state index contributed by atoms with van der Waals surface area (Å²) in [6, 6.07) is -0.0653. The van der Waals surface area contributed by atoms with Gasteiger partial charge in [-0.25, -0.2) is 8.42 Å². The van der Waals surface area contributed by atoms with E-state index < -0.39 is 9.84 Å². The molecule has 0 saturated heterocycles. The van der Waals surface area contributed by atoms with Gasteiger partial charge in [-0.1, -0.05) is 6.92 Å². The second-order valence-corrected chi connectivity index (χ2v) is 5.84. The molecule has 0 aliphatic rings. The number of hydrogen-bond acceptors (Lipinski definition) is 5. The summed E-state index contributed by atoms with van der Waals surface area (Å²) in [4.78, 5) is 10.9. The minimum atomic E-state index is -2.93. The molecule has 0 bridgehead atoms. The van der Waals surface area contributed by atoms with Crippen molar-refractivity contribution in [2.45, 2.75) is 26.3 Å². The van der Waals surface area contributed by atoms with E-state index >= 15 is 0 Å². The van der Waals surface area contributed by atoms with Gasteiger partial charge in [-0.3, -0.25) is 4.79 Å². The van der Waals surface area contributed by atoms with Crippen LogP contribution in [0.15, 0.2) is 0 Å². The Balaban J connectivity index is 3.73. The maximum atomic E-state index is 11.1. The Hall–Kier alpha value is -0.620. The highest BCUT2D eigenvalue weighted by Gasteiger charge is 2.10. The molecule has 90 valence electrons. The normalized spacial score (nSPS) is 13.5. The summed E-state index contributed by atoms with van der Waals surface area (Å²) in [7, 11) is -1.60. The third-order valence-electron chi connectivity index (χ3n) is 2.05. The Kier molecular flexibility index (Phi) is 6.51. The number of hydrogen-bond donors (Lipinski definition) is 1. The summed E-state index contributed by atoms with van der Waals surface area (Å²) in [6.45, 7) is 3.80. The van der Waals surface area contributed by atoms with Crippen LogP contribution in [0.4, 0.5) is 0 Å². The van der Waals surface area contributed by atoms with Crippen LogP contribution in [-0.4, -0.2) is 45.6 Å². The van der Waals surface area contributed by atoms with E-state index in [2.05, 4.69) is 10.1 Å². The molecule has 0 aromatic heterocycles. The molecule has 0 saturated carbocycles. The van der Waals surface area contributed by atoms with Crippen molar-refractivity contribution in [2.24, 2.45) is 0 Å². The summed E-state index contributed by atoms with van der Waals surface area (Å²) in [5.74, 6) is -0.0388. The van der Waals surface area contributed by atoms with Crippen LogP contribution in [0.1, 0.15) is 20.3 Å². The molecular formula is C9H19NO4S. The molecule has 6 heteroatoms. The predicted octanol–water partition coefficient (Wildman–Crippen LogP) is -0.0377. The first-order chi connectivity index (χ1) is 6.91. The Morgan fingerprint density at radius 1 is 1.47 bits per heavy atom. The number of ether oxygens (including phenoxy) is 1. The molecule has 1 unspecified atom stereocenters. The number of carbonyl (C=O) groups excluding carboxylic acids is 1. The van der Waals surface area contributed by atoms with Gasteiger partial charge in [-0.2, -0.15) is 0 Å². The van der Waals surface area contributed by atoms with Gasteiger partial charge in [0.05, 0.1) is 19.3 Å². The summed E-state index contributed by atoms with van der Waals surface area (Å²) >= 11 is 0. The van der Waals surface area contributed by atoms with E-state index in [0.29, 0.717) is 6.54 Å². The molecule has 0 aliphatic heterocycles. The lowest BCUT2D eigenvalue weighted by Crippen LogP contribution is -2.33. The van der Waals surface area contributed by atoms with Gasteiger partial charge in [0, 0.05) is 18.3 Å². The maximum Gasteiger partial charge on any atom is 0.307 e. The SMILES string of the molecule is CCS(=O)(=O)CCNC(C)CC(=O)OC. The molecule has 0 radical (unpaired) electrons. The van der Waals surface area contributed by atoms with Crippen molar-refractivity contribution in [3.05, 3.63) is 0 Å². The van der Waals surface area contributed by atoms with Crippen molar-refractivity contribution in [3.8, 4) is 0 Å². The van der Waals surface area contributed by atoms with Crippen molar-refractivity contribution < 1.29 is 17.9 Å². The lowest BCUT2D eigenvalue weighted by molar-refractivity contribution is -0.141. The average Bonchev–Trinajstić information content (AvgIpc) is 2.17. The topological polar surface area (TPSA) is 72.5 Å². The lowest BCUT2D eigenvalue weighted by atomic mass is 10.2. The first kappa shape index (κ1) is 14.4. The standard InChI is InChI=1S/C9H19NO4S/c1-4-15(12,13)6-5-10-8(2)7-9(11)14-3/h8,10H,4-7H2,1-3H3. The summed E-state index contributed by atoms with van der Waals surface area (Å²) in [5, 5.41) is 2.96. The van der Waals surface area contributed by atoms with E-state index in [-0.39, 0.29) is 29.9 Å². The van der Waals surface area contributed by atoms with Gasteiger partial charge in [0.25, 0.3) is 0 Å². The highest BCUT2D eigenvalue weighted by molar-refractivity contribution is 7.91. The largest absolute Gasteiger partial charge is 0.469 e. The van der Waals surface area contributed by atoms with Crippen LogP contribution >= 0.6 is 0 Å². The fraction of sp³-hybridized carbons (Fsp3) is 0.889. The van der Waals surface area contributed by atoms with Gasteiger partial charge < -0.3 is 10.1 Å². The fourth-order valence-electron chi connectivity index (χ4n) is 1.01. The van der Waals surface area contributed by atoms with Crippen LogP contribution in [0.3, 0.4) is 0 Å². The number of methoxy groups -OCH3 is 1. The third kappa shape index (κ3) is 7.33. The molecule has 1 atom stereocenters. The van der Waals surface area contributed by atoms with Crippen LogP contribution in [-0.2, 0) is 19.4 Å². The first-order valence-electron chi connectivity index (χ1n) is 4.92. The molecule has 5 nitrogen and oxygen atoms in total. The van der Waals surface area contributed by atoms with Crippen molar-refractivity contribution in [2.75, 3.05) is 25.2 Å². The van der Waals surface area contributed by atoms with Gasteiger partial charge >= 0.3 is 5.97 Å². The van der Waals surface area contributed by atoms with Crippen LogP contribution in [0, 0.1) is 0 Å². The van der Waals surface area contributed by atoms with Crippen LogP contribution < -0.4 is 5.32 Å². The molecular weight excluding hydrogens is 218 g/mol. The van der Waals surface area contributed by atoms with Crippen LogP contribution in [0.2, 0.25) is 0 Å². The molecule has 0 rings (SSSR count). The second-order valence-electron chi connectivity index (χ2n) is 3.37. The summed E-state index contributed by atoms with van der Waals surface area (Å²) in [5.41, 5.74) is 0. The van der Waals surface area contributed by atoms with E-state index in [9.17, 15) is 13.2 Å². The molecule has 1 N–H and O–H groups in total. The highest BCUT2D eigenvalue weighted by Crippen LogP contribution is 1.93. The molecule has 15 heavy (non-hydrogen) atoms. The summed E-state index contributed by atoms with van der Waals surface area (Å²) < 4.78 is 26.7. The number of carbonyl (C=O) groups is 1. The number of sulfone groups is 1. The van der Waals surface area contributed by atoms with E-state index in [1.165, 1.54) is 7.11 Å². The minimum absolute atomic E-state index is 0.0653. The Labute approximate surface area is 91.1 Å². The van der Waals surface area contributed by atoms with Crippen molar-refractivity contribution in [1.82, 2.24) is 5.32 Å². The lowest BCUT2D eigenvalue weighted by Gasteiger charge is -2.11. The van der Waals surface area contributed by atoms with E-state index in [4.69, 9.17) is 0 Å². The number of nitrogens with one attached hydrogen (secondary N) is 1. The monoisotopic (exact) mass is 237 g/mol. The Morgan fingerprint density at radius 2 is 2.07 bits per heavy atom. The Morgan fingerprint density at radius 3 is 2.53 bits per heavy atom. The molecule has 0 spiro atoms. The van der Waals surface area contributed by atoms with E-state index in [1.807, 2.05) is 6.92 Å². The second kappa shape index (κ2) is 6.79. The number of rotatable bonds is 7. The van der Waals surface area contributed by atoms with Crippen LogP contribution in [0.5, 0.6) is 0 Å². The van der Waals surface area contributed by atoms with Crippen molar-refractivity contribution in [3.63, 3.8) is 0 Å². The minimum Gasteiger partial charge on any atom is -0.469 e. The van der Waals surface area contributed by atoms with E-state index in [1.54, 1.807) is 6.92 Å². The molecule has 0 fully saturated rings. The van der Waals surface area contributed by atoms with Crippen molar-refractivity contribution >= 4 is 15.8 Å². The van der Waals surface area contributed by atoms with Gasteiger partial charge in [-0.15, -0.1) is 0 Å². The summed E-state index contributed by atoms with van der Waals surface area (Å²) in [6.07, 6.45) is 0.253. The van der Waals surface area contributed by atoms with Gasteiger partial charge in [-0.05, 0) is 6.92 Å². The zero-order chi connectivity index (χ0) is 11.9. The van der Waals surface area contributed by atoms with Gasteiger partial charge in [0.2, 0.25) is 0 Å².